The highest BCUT2D eigenvalue weighted by molar-refractivity contribution is 7.22. The van der Waals surface area contributed by atoms with E-state index in [9.17, 15) is 4.79 Å². The van der Waals surface area contributed by atoms with Gasteiger partial charge in [0.05, 0.1) is 10.2 Å². The maximum Gasteiger partial charge on any atom is 0.264 e. The molecule has 1 amide bonds. The summed E-state index contributed by atoms with van der Waals surface area (Å²) < 4.78 is 6.70. The molecule has 0 aliphatic carbocycles. The molecule has 0 unspecified atom stereocenters. The van der Waals surface area contributed by atoms with Crippen molar-refractivity contribution >= 4 is 32.6 Å². The number of thiazole rings is 1. The van der Waals surface area contributed by atoms with Gasteiger partial charge in [-0.25, -0.2) is 4.98 Å². The fourth-order valence-corrected chi connectivity index (χ4v) is 3.66. The van der Waals surface area contributed by atoms with Crippen LogP contribution in [-0.4, -0.2) is 17.5 Å². The number of carbonyl (C=O) groups excluding carboxylic acids is 1. The fourth-order valence-electron chi connectivity index (χ4n) is 2.63. The predicted octanol–water partition coefficient (Wildman–Crippen LogP) is 4.55. The van der Waals surface area contributed by atoms with Crippen LogP contribution in [0.1, 0.15) is 22.3 Å². The summed E-state index contributed by atoms with van der Waals surface area (Å²) in [6.07, 6.45) is 0. The van der Waals surface area contributed by atoms with Crippen molar-refractivity contribution < 1.29 is 9.53 Å². The Hall–Kier alpha value is -2.40. The van der Waals surface area contributed by atoms with E-state index in [1.54, 1.807) is 0 Å². The van der Waals surface area contributed by atoms with Crippen LogP contribution in [0, 0.1) is 27.7 Å². The highest BCUT2D eigenvalue weighted by Gasteiger charge is 2.11. The van der Waals surface area contributed by atoms with E-state index in [0.717, 1.165) is 26.9 Å². The summed E-state index contributed by atoms with van der Waals surface area (Å²) in [5, 5.41) is 3.44. The molecule has 1 aromatic heterocycles. The molecule has 3 rings (SSSR count). The first-order chi connectivity index (χ1) is 11.4. The zero-order valence-electron chi connectivity index (χ0n) is 14.3. The van der Waals surface area contributed by atoms with Gasteiger partial charge >= 0.3 is 0 Å². The number of rotatable bonds is 4. The van der Waals surface area contributed by atoms with Crippen LogP contribution in [-0.2, 0) is 4.79 Å². The van der Waals surface area contributed by atoms with Crippen LogP contribution in [0.15, 0.2) is 30.3 Å². The Morgan fingerprint density at radius 2 is 1.75 bits per heavy atom. The van der Waals surface area contributed by atoms with Crippen LogP contribution < -0.4 is 10.1 Å². The topological polar surface area (TPSA) is 51.2 Å². The molecule has 124 valence electrons. The number of amides is 1. The number of nitrogens with one attached hydrogen (secondary N) is 1. The first-order valence-electron chi connectivity index (χ1n) is 7.80. The lowest BCUT2D eigenvalue weighted by Gasteiger charge is -2.07. The smallest absolute Gasteiger partial charge is 0.264 e. The second-order valence-corrected chi connectivity index (χ2v) is 7.06. The average molecular weight is 340 g/mol. The molecule has 2 aromatic carbocycles. The minimum absolute atomic E-state index is 0.0310. The van der Waals surface area contributed by atoms with Crippen molar-refractivity contribution in [3.8, 4) is 5.75 Å². The van der Waals surface area contributed by atoms with Gasteiger partial charge < -0.3 is 4.74 Å². The van der Waals surface area contributed by atoms with E-state index in [1.165, 1.54) is 16.9 Å². The summed E-state index contributed by atoms with van der Waals surface area (Å²) in [5.41, 5.74) is 5.45. The largest absolute Gasteiger partial charge is 0.484 e. The second-order valence-electron chi connectivity index (χ2n) is 6.06. The van der Waals surface area contributed by atoms with E-state index in [4.69, 9.17) is 4.74 Å². The number of aryl methyl sites for hydroxylation is 4. The minimum atomic E-state index is -0.205. The van der Waals surface area contributed by atoms with Gasteiger partial charge in [-0.2, -0.15) is 0 Å². The summed E-state index contributed by atoms with van der Waals surface area (Å²) in [7, 11) is 0. The summed E-state index contributed by atoms with van der Waals surface area (Å²) in [4.78, 5) is 16.7. The Kier molecular flexibility index (Phi) is 4.53. The first-order valence-corrected chi connectivity index (χ1v) is 8.62. The van der Waals surface area contributed by atoms with Gasteiger partial charge in [-0.05, 0) is 62.1 Å². The summed E-state index contributed by atoms with van der Waals surface area (Å²) >= 11 is 1.49. The highest BCUT2D eigenvalue weighted by Crippen LogP contribution is 2.30. The maximum atomic E-state index is 12.1. The van der Waals surface area contributed by atoms with Crippen LogP contribution in [0.4, 0.5) is 5.13 Å². The summed E-state index contributed by atoms with van der Waals surface area (Å²) in [5.74, 6) is 0.502. The van der Waals surface area contributed by atoms with Crippen molar-refractivity contribution in [2.45, 2.75) is 27.7 Å². The quantitative estimate of drug-likeness (QED) is 0.758. The van der Waals surface area contributed by atoms with Gasteiger partial charge in [-0.3, -0.25) is 10.1 Å². The summed E-state index contributed by atoms with van der Waals surface area (Å²) in [6, 6.07) is 10.0. The second kappa shape index (κ2) is 6.61. The van der Waals surface area contributed by atoms with Gasteiger partial charge in [0, 0.05) is 0 Å². The lowest BCUT2D eigenvalue weighted by molar-refractivity contribution is -0.118. The molecule has 5 heteroatoms. The van der Waals surface area contributed by atoms with Crippen molar-refractivity contribution in [3.63, 3.8) is 0 Å². The van der Waals surface area contributed by atoms with Crippen LogP contribution in [0.2, 0.25) is 0 Å². The van der Waals surface area contributed by atoms with Crippen molar-refractivity contribution in [3.05, 3.63) is 52.6 Å². The molecule has 24 heavy (non-hydrogen) atoms. The molecule has 0 fully saturated rings. The highest BCUT2D eigenvalue weighted by atomic mass is 32.1. The third kappa shape index (κ3) is 3.57. The van der Waals surface area contributed by atoms with Gasteiger partial charge in [0.1, 0.15) is 5.75 Å². The van der Waals surface area contributed by atoms with E-state index in [2.05, 4.69) is 29.4 Å². The van der Waals surface area contributed by atoms with Gasteiger partial charge in [0.25, 0.3) is 5.91 Å². The van der Waals surface area contributed by atoms with Gasteiger partial charge in [0.15, 0.2) is 11.7 Å². The molecule has 1 heterocycles. The molecule has 0 aliphatic rings. The van der Waals surface area contributed by atoms with Crippen molar-refractivity contribution in [1.82, 2.24) is 4.98 Å². The van der Waals surface area contributed by atoms with Crippen LogP contribution in [0.25, 0.3) is 10.2 Å². The van der Waals surface area contributed by atoms with Gasteiger partial charge in [-0.1, -0.05) is 29.5 Å². The van der Waals surface area contributed by atoms with E-state index < -0.39 is 0 Å². The number of fused-ring (bicyclic) bond motifs is 1. The molecule has 1 N–H and O–H groups in total. The molecular weight excluding hydrogens is 320 g/mol. The Morgan fingerprint density at radius 3 is 2.42 bits per heavy atom. The molecule has 0 aliphatic heterocycles. The molecule has 0 spiro atoms. The van der Waals surface area contributed by atoms with Crippen molar-refractivity contribution in [1.29, 1.82) is 0 Å². The molecule has 0 radical (unpaired) electrons. The van der Waals surface area contributed by atoms with E-state index in [-0.39, 0.29) is 12.5 Å². The van der Waals surface area contributed by atoms with Crippen LogP contribution >= 0.6 is 11.3 Å². The zero-order chi connectivity index (χ0) is 17.3. The predicted molar refractivity (Wildman–Crippen MR) is 99.1 cm³/mol. The monoisotopic (exact) mass is 340 g/mol. The number of aromatic nitrogens is 1. The number of ether oxygens (including phenoxy) is 1. The fraction of sp³-hybridized carbons (Fsp3) is 0.263. The zero-order valence-corrected chi connectivity index (χ0v) is 15.1. The first kappa shape index (κ1) is 16.5. The van der Waals surface area contributed by atoms with Crippen molar-refractivity contribution in [2.75, 3.05) is 11.9 Å². The normalized spacial score (nSPS) is 10.8. The molecule has 4 nitrogen and oxygen atoms in total. The number of hydrogen-bond acceptors (Lipinski definition) is 4. The molecule has 0 saturated carbocycles. The van der Waals surface area contributed by atoms with Gasteiger partial charge in [-0.15, -0.1) is 0 Å². The number of nitrogens with zero attached hydrogens (tertiary/aromatic N) is 1. The number of benzene rings is 2. The average Bonchev–Trinajstić information content (AvgIpc) is 2.93. The third-order valence-corrected chi connectivity index (χ3v) is 4.86. The van der Waals surface area contributed by atoms with Crippen LogP contribution in [0.5, 0.6) is 5.75 Å². The number of carbonyl (C=O) groups is 1. The molecule has 0 atom stereocenters. The van der Waals surface area contributed by atoms with Gasteiger partial charge in [0.2, 0.25) is 0 Å². The molecule has 3 aromatic rings. The third-order valence-electron chi connectivity index (χ3n) is 3.75. The summed E-state index contributed by atoms with van der Waals surface area (Å²) in [6.45, 7) is 8.05. The standard InChI is InChI=1S/C19H20N2O2S/c1-11-7-12(2)9-15(8-11)23-10-16(22)20-19-21-17-13(3)5-6-14(4)18(17)24-19/h5-9H,10H2,1-4H3,(H,20,21,22). The molecule has 0 saturated heterocycles. The molecular formula is C19H20N2O2S. The SMILES string of the molecule is Cc1cc(C)cc(OCC(=O)Nc2nc3c(C)ccc(C)c3s2)c1. The van der Waals surface area contributed by atoms with E-state index >= 15 is 0 Å². The van der Waals surface area contributed by atoms with E-state index in [1.807, 2.05) is 39.0 Å². The maximum absolute atomic E-state index is 12.1. The van der Waals surface area contributed by atoms with Crippen molar-refractivity contribution in [2.24, 2.45) is 0 Å². The Morgan fingerprint density at radius 1 is 1.08 bits per heavy atom. The minimum Gasteiger partial charge on any atom is -0.484 e. The Balaban J connectivity index is 1.69. The Labute approximate surface area is 145 Å². The Bertz CT molecular complexity index is 856. The van der Waals surface area contributed by atoms with Crippen LogP contribution in [0.3, 0.4) is 0 Å². The number of hydrogen-bond donors (Lipinski definition) is 1. The lowest BCUT2D eigenvalue weighted by atomic mass is 10.1. The lowest BCUT2D eigenvalue weighted by Crippen LogP contribution is -2.20. The molecule has 0 bridgehead atoms. The van der Waals surface area contributed by atoms with E-state index in [0.29, 0.717) is 10.9 Å². The number of anilines is 1.